The summed E-state index contributed by atoms with van der Waals surface area (Å²) in [4.78, 5) is 28.3. The van der Waals surface area contributed by atoms with Crippen molar-refractivity contribution < 1.29 is 9.59 Å². The van der Waals surface area contributed by atoms with Crippen molar-refractivity contribution in [2.45, 2.75) is 13.8 Å². The zero-order valence-electron chi connectivity index (χ0n) is 15.1. The molecule has 0 aliphatic carbocycles. The zero-order valence-corrected chi connectivity index (χ0v) is 15.1. The molecule has 0 saturated carbocycles. The maximum absolute atomic E-state index is 12.5. The predicted octanol–water partition coefficient (Wildman–Crippen LogP) is 2.96. The lowest BCUT2D eigenvalue weighted by Crippen LogP contribution is -2.40. The summed E-state index contributed by atoms with van der Waals surface area (Å²) >= 11 is 0. The van der Waals surface area contributed by atoms with Crippen molar-refractivity contribution in [1.29, 1.82) is 0 Å². The third-order valence-electron chi connectivity index (χ3n) is 4.10. The van der Waals surface area contributed by atoms with Gasteiger partial charge in [0, 0.05) is 35.5 Å². The lowest BCUT2D eigenvalue weighted by molar-refractivity contribution is -0.117. The molecule has 0 bridgehead atoms. The summed E-state index contributed by atoms with van der Waals surface area (Å²) < 4.78 is 2.00. The number of amides is 2. The molecular formula is C21H20N4O2. The summed E-state index contributed by atoms with van der Waals surface area (Å²) in [6, 6.07) is 15.2. The van der Waals surface area contributed by atoms with E-state index in [2.05, 4.69) is 15.8 Å². The number of nitrogens with one attached hydrogen (secondary N) is 2. The van der Waals surface area contributed by atoms with E-state index in [1.165, 1.54) is 6.08 Å². The highest BCUT2D eigenvalue weighted by molar-refractivity contribution is 5.99. The van der Waals surface area contributed by atoms with E-state index in [0.717, 1.165) is 22.6 Å². The van der Waals surface area contributed by atoms with Crippen molar-refractivity contribution in [3.05, 3.63) is 89.5 Å². The summed E-state index contributed by atoms with van der Waals surface area (Å²) in [5.41, 5.74) is 8.87. The van der Waals surface area contributed by atoms with E-state index in [4.69, 9.17) is 0 Å². The van der Waals surface area contributed by atoms with Crippen LogP contribution >= 0.6 is 0 Å². The molecule has 6 nitrogen and oxygen atoms in total. The second-order valence-corrected chi connectivity index (χ2v) is 6.02. The number of pyridine rings is 1. The maximum atomic E-state index is 12.5. The minimum absolute atomic E-state index is 0.367. The van der Waals surface area contributed by atoms with Gasteiger partial charge >= 0.3 is 0 Å². The van der Waals surface area contributed by atoms with Gasteiger partial charge in [0.05, 0.1) is 5.56 Å². The first-order valence-electron chi connectivity index (χ1n) is 8.49. The second-order valence-electron chi connectivity index (χ2n) is 6.02. The van der Waals surface area contributed by atoms with Gasteiger partial charge < -0.3 is 4.57 Å². The number of nitrogens with zero attached hydrogens (tertiary/aromatic N) is 2. The Morgan fingerprint density at radius 3 is 2.52 bits per heavy atom. The van der Waals surface area contributed by atoms with Crippen molar-refractivity contribution in [2.75, 3.05) is 0 Å². The van der Waals surface area contributed by atoms with Crippen LogP contribution in [0, 0.1) is 13.8 Å². The molecule has 2 aromatic heterocycles. The van der Waals surface area contributed by atoms with E-state index in [-0.39, 0.29) is 5.91 Å². The highest BCUT2D eigenvalue weighted by Crippen LogP contribution is 2.20. The van der Waals surface area contributed by atoms with E-state index < -0.39 is 5.91 Å². The number of hydrogen-bond donors (Lipinski definition) is 2. The van der Waals surface area contributed by atoms with Gasteiger partial charge in [-0.2, -0.15) is 0 Å². The van der Waals surface area contributed by atoms with Crippen molar-refractivity contribution in [3.63, 3.8) is 0 Å². The molecule has 0 fully saturated rings. The number of para-hydroxylation sites is 1. The van der Waals surface area contributed by atoms with Gasteiger partial charge in [-0.1, -0.05) is 24.3 Å². The Morgan fingerprint density at radius 2 is 1.81 bits per heavy atom. The normalized spacial score (nSPS) is 10.7. The Hall–Kier alpha value is -3.67. The predicted molar refractivity (Wildman–Crippen MR) is 104 cm³/mol. The third-order valence-corrected chi connectivity index (χ3v) is 4.10. The summed E-state index contributed by atoms with van der Waals surface area (Å²) in [5, 5.41) is 0. The Kier molecular flexibility index (Phi) is 5.47. The van der Waals surface area contributed by atoms with Crippen LogP contribution in [0.3, 0.4) is 0 Å². The Bertz CT molecular complexity index is 976. The molecule has 136 valence electrons. The minimum Gasteiger partial charge on any atom is -0.318 e. The SMILES string of the molecule is Cc1cc(C(=O)NNC(=O)/C=C/c2cccnc2)c(C)n1-c1ccccc1. The molecule has 3 rings (SSSR count). The lowest BCUT2D eigenvalue weighted by atomic mass is 10.2. The van der Waals surface area contributed by atoms with Crippen LogP contribution in [0.2, 0.25) is 0 Å². The standard InChI is InChI=1S/C21H20N4O2/c1-15-13-19(16(2)25(15)18-8-4-3-5-9-18)21(27)24-23-20(26)11-10-17-7-6-12-22-14-17/h3-14H,1-2H3,(H,23,26)(H,24,27)/b11-10+. The van der Waals surface area contributed by atoms with Gasteiger partial charge in [0.25, 0.3) is 11.8 Å². The number of rotatable bonds is 4. The van der Waals surface area contributed by atoms with E-state index in [1.807, 2.05) is 54.8 Å². The first-order chi connectivity index (χ1) is 13.1. The van der Waals surface area contributed by atoms with Crippen molar-refractivity contribution in [2.24, 2.45) is 0 Å². The van der Waals surface area contributed by atoms with Gasteiger partial charge in [-0.25, -0.2) is 0 Å². The molecule has 3 aromatic rings. The maximum Gasteiger partial charge on any atom is 0.271 e. The van der Waals surface area contributed by atoms with Crippen LogP contribution < -0.4 is 10.9 Å². The van der Waals surface area contributed by atoms with E-state index in [9.17, 15) is 9.59 Å². The van der Waals surface area contributed by atoms with Crippen LogP contribution in [0.5, 0.6) is 0 Å². The fraction of sp³-hybridized carbons (Fsp3) is 0.0952. The molecule has 2 N–H and O–H groups in total. The fourth-order valence-electron chi connectivity index (χ4n) is 2.84. The largest absolute Gasteiger partial charge is 0.318 e. The molecule has 0 unspecified atom stereocenters. The van der Waals surface area contributed by atoms with Crippen molar-refractivity contribution in [1.82, 2.24) is 20.4 Å². The van der Waals surface area contributed by atoms with Gasteiger partial charge in [0.2, 0.25) is 0 Å². The fourth-order valence-corrected chi connectivity index (χ4v) is 2.84. The number of aryl methyl sites for hydroxylation is 1. The average Bonchev–Trinajstić information content (AvgIpc) is 3.00. The molecule has 2 amide bonds. The van der Waals surface area contributed by atoms with Gasteiger partial charge in [-0.15, -0.1) is 0 Å². The molecule has 0 aliphatic heterocycles. The molecule has 0 spiro atoms. The number of hydrazine groups is 1. The van der Waals surface area contributed by atoms with E-state index >= 15 is 0 Å². The molecule has 27 heavy (non-hydrogen) atoms. The van der Waals surface area contributed by atoms with Crippen LogP contribution in [0.4, 0.5) is 0 Å². The quantitative estimate of drug-likeness (QED) is 0.555. The van der Waals surface area contributed by atoms with E-state index in [1.54, 1.807) is 30.6 Å². The Labute approximate surface area is 157 Å². The Balaban J connectivity index is 1.67. The molecule has 0 aliphatic rings. The van der Waals surface area contributed by atoms with Crippen LogP contribution in [0.15, 0.2) is 67.0 Å². The molecule has 0 radical (unpaired) electrons. The monoisotopic (exact) mass is 360 g/mol. The van der Waals surface area contributed by atoms with Crippen LogP contribution in [-0.4, -0.2) is 21.4 Å². The number of benzene rings is 1. The molecular weight excluding hydrogens is 340 g/mol. The highest BCUT2D eigenvalue weighted by atomic mass is 16.2. The topological polar surface area (TPSA) is 76.0 Å². The van der Waals surface area contributed by atoms with Crippen molar-refractivity contribution in [3.8, 4) is 5.69 Å². The summed E-state index contributed by atoms with van der Waals surface area (Å²) in [5.74, 6) is -0.794. The van der Waals surface area contributed by atoms with Gasteiger partial charge in [0.1, 0.15) is 0 Å². The molecule has 1 aromatic carbocycles. The van der Waals surface area contributed by atoms with Crippen molar-refractivity contribution >= 4 is 17.9 Å². The number of carbonyl (C=O) groups excluding carboxylic acids is 2. The number of aromatic nitrogens is 2. The molecule has 2 heterocycles. The second kappa shape index (κ2) is 8.14. The third kappa shape index (κ3) is 4.30. The van der Waals surface area contributed by atoms with Crippen LogP contribution in [-0.2, 0) is 4.79 Å². The summed E-state index contributed by atoms with van der Waals surface area (Å²) in [6.07, 6.45) is 6.25. The molecule has 0 saturated heterocycles. The smallest absolute Gasteiger partial charge is 0.271 e. The van der Waals surface area contributed by atoms with E-state index in [0.29, 0.717) is 5.56 Å². The van der Waals surface area contributed by atoms with Crippen LogP contribution in [0.25, 0.3) is 11.8 Å². The van der Waals surface area contributed by atoms with Gasteiger partial charge in [0.15, 0.2) is 0 Å². The summed E-state index contributed by atoms with van der Waals surface area (Å²) in [7, 11) is 0. The first-order valence-corrected chi connectivity index (χ1v) is 8.49. The average molecular weight is 360 g/mol. The number of hydrogen-bond acceptors (Lipinski definition) is 3. The highest BCUT2D eigenvalue weighted by Gasteiger charge is 2.16. The van der Waals surface area contributed by atoms with Crippen LogP contribution in [0.1, 0.15) is 27.3 Å². The molecule has 0 atom stereocenters. The summed E-state index contributed by atoms with van der Waals surface area (Å²) in [6.45, 7) is 3.81. The minimum atomic E-state index is -0.427. The lowest BCUT2D eigenvalue weighted by Gasteiger charge is -2.10. The number of carbonyl (C=O) groups is 2. The molecule has 6 heteroatoms. The van der Waals surface area contributed by atoms with Gasteiger partial charge in [-0.05, 0) is 49.8 Å². The van der Waals surface area contributed by atoms with Gasteiger partial charge in [-0.3, -0.25) is 25.4 Å². The Morgan fingerprint density at radius 1 is 1.04 bits per heavy atom. The zero-order chi connectivity index (χ0) is 19.2. The first kappa shape index (κ1) is 18.1.